The minimum Gasteiger partial charge on any atom is -0.366 e. The smallest absolute Gasteiger partial charge is 0.183 e. The Balaban J connectivity index is 2.41. The molecule has 0 spiro atoms. The Hall–Kier alpha value is -1.72. The maximum atomic E-state index is 4.25. The molecule has 17 heavy (non-hydrogen) atoms. The summed E-state index contributed by atoms with van der Waals surface area (Å²) in [6.45, 7) is 9.22. The van der Waals surface area contributed by atoms with E-state index >= 15 is 0 Å². The Bertz CT molecular complexity index is 502. The largest absolute Gasteiger partial charge is 0.366 e. The third-order valence-corrected chi connectivity index (χ3v) is 2.26. The normalized spacial score (nSPS) is 11.6. The van der Waals surface area contributed by atoms with Crippen molar-refractivity contribution in [1.82, 2.24) is 25.0 Å². The van der Waals surface area contributed by atoms with Crippen LogP contribution in [-0.2, 0) is 6.54 Å². The van der Waals surface area contributed by atoms with E-state index in [1.54, 1.807) is 6.33 Å². The van der Waals surface area contributed by atoms with Crippen LogP contribution in [0.2, 0.25) is 0 Å². The lowest BCUT2D eigenvalue weighted by molar-refractivity contribution is 0.480. The van der Waals surface area contributed by atoms with E-state index in [1.165, 1.54) is 0 Å². The Morgan fingerprint density at radius 1 is 1.24 bits per heavy atom. The van der Waals surface area contributed by atoms with Crippen molar-refractivity contribution in [3.8, 4) is 0 Å². The summed E-state index contributed by atoms with van der Waals surface area (Å²) < 4.78 is 1.83. The Morgan fingerprint density at radius 2 is 2.00 bits per heavy atom. The molecule has 0 aromatic carbocycles. The third kappa shape index (κ3) is 2.51. The molecular weight excluding hydrogens is 216 g/mol. The standard InChI is InChI=1S/C11H18N6/c1-7(2)5-17-11-9(15-16-17)10(12-6-13-11)14-8(3)4/h6-8H,5H2,1-4H3,(H,12,13,14). The summed E-state index contributed by atoms with van der Waals surface area (Å²) in [5, 5.41) is 11.5. The first-order chi connectivity index (χ1) is 8.08. The van der Waals surface area contributed by atoms with Gasteiger partial charge in [-0.15, -0.1) is 5.10 Å². The minimum atomic E-state index is 0.309. The van der Waals surface area contributed by atoms with Crippen molar-refractivity contribution in [2.24, 2.45) is 5.92 Å². The summed E-state index contributed by atoms with van der Waals surface area (Å²) in [5.74, 6) is 1.26. The summed E-state index contributed by atoms with van der Waals surface area (Å²) in [6.07, 6.45) is 1.55. The predicted octanol–water partition coefficient (Wildman–Crippen LogP) is 1.70. The molecule has 0 bridgehead atoms. The lowest BCUT2D eigenvalue weighted by Gasteiger charge is -2.08. The highest BCUT2D eigenvalue weighted by Gasteiger charge is 2.12. The number of rotatable bonds is 4. The van der Waals surface area contributed by atoms with Gasteiger partial charge in [0.15, 0.2) is 17.0 Å². The molecule has 2 aromatic rings. The summed E-state index contributed by atoms with van der Waals surface area (Å²) >= 11 is 0. The first kappa shape index (κ1) is 11.8. The van der Waals surface area contributed by atoms with Crippen molar-refractivity contribution in [2.45, 2.75) is 40.3 Å². The zero-order chi connectivity index (χ0) is 12.4. The SMILES string of the molecule is CC(C)Cn1nnc2c(NC(C)C)ncnc21. The number of hydrogen-bond acceptors (Lipinski definition) is 5. The van der Waals surface area contributed by atoms with Crippen LogP contribution in [-0.4, -0.2) is 31.0 Å². The zero-order valence-corrected chi connectivity index (χ0v) is 10.7. The predicted molar refractivity (Wildman–Crippen MR) is 66.7 cm³/mol. The lowest BCUT2D eigenvalue weighted by atomic mass is 10.2. The van der Waals surface area contributed by atoms with Crippen LogP contribution in [0.5, 0.6) is 0 Å². The Labute approximate surface area is 100 Å². The molecule has 0 atom stereocenters. The molecular formula is C11H18N6. The zero-order valence-electron chi connectivity index (χ0n) is 10.7. The van der Waals surface area contributed by atoms with E-state index in [0.717, 1.165) is 23.5 Å². The van der Waals surface area contributed by atoms with E-state index in [1.807, 2.05) is 4.68 Å². The highest BCUT2D eigenvalue weighted by Crippen LogP contribution is 2.17. The molecule has 0 radical (unpaired) electrons. The van der Waals surface area contributed by atoms with Gasteiger partial charge in [0.1, 0.15) is 6.33 Å². The fraction of sp³-hybridized carbons (Fsp3) is 0.636. The maximum absolute atomic E-state index is 4.25. The van der Waals surface area contributed by atoms with Gasteiger partial charge in [0.2, 0.25) is 0 Å². The first-order valence-corrected chi connectivity index (χ1v) is 5.88. The maximum Gasteiger partial charge on any atom is 0.183 e. The topological polar surface area (TPSA) is 68.5 Å². The monoisotopic (exact) mass is 234 g/mol. The number of nitrogens with one attached hydrogen (secondary N) is 1. The molecule has 0 aliphatic heterocycles. The quantitative estimate of drug-likeness (QED) is 0.872. The van der Waals surface area contributed by atoms with Crippen molar-refractivity contribution in [2.75, 3.05) is 5.32 Å². The fourth-order valence-electron chi connectivity index (χ4n) is 1.64. The van der Waals surface area contributed by atoms with E-state index in [-0.39, 0.29) is 0 Å². The molecule has 0 fully saturated rings. The molecule has 92 valence electrons. The highest BCUT2D eigenvalue weighted by atomic mass is 15.4. The van der Waals surface area contributed by atoms with Crippen LogP contribution in [0.15, 0.2) is 6.33 Å². The average Bonchev–Trinajstić information content (AvgIpc) is 2.61. The molecule has 6 heteroatoms. The van der Waals surface area contributed by atoms with Crippen molar-refractivity contribution in [3.05, 3.63) is 6.33 Å². The van der Waals surface area contributed by atoms with Crippen LogP contribution < -0.4 is 5.32 Å². The fourth-order valence-corrected chi connectivity index (χ4v) is 1.64. The van der Waals surface area contributed by atoms with Gasteiger partial charge < -0.3 is 5.32 Å². The van der Waals surface area contributed by atoms with Gasteiger partial charge in [0, 0.05) is 12.6 Å². The van der Waals surface area contributed by atoms with Crippen molar-refractivity contribution in [1.29, 1.82) is 0 Å². The molecule has 2 heterocycles. The van der Waals surface area contributed by atoms with Crippen molar-refractivity contribution in [3.63, 3.8) is 0 Å². The minimum absolute atomic E-state index is 0.309. The summed E-state index contributed by atoms with van der Waals surface area (Å²) in [5.41, 5.74) is 1.53. The van der Waals surface area contributed by atoms with Gasteiger partial charge in [0.05, 0.1) is 0 Å². The molecule has 0 unspecified atom stereocenters. The summed E-state index contributed by atoms with van der Waals surface area (Å²) in [6, 6.07) is 0.309. The number of fused-ring (bicyclic) bond motifs is 1. The second-order valence-corrected chi connectivity index (χ2v) is 4.86. The number of hydrogen-bond donors (Lipinski definition) is 1. The Kier molecular flexibility index (Phi) is 3.21. The summed E-state index contributed by atoms with van der Waals surface area (Å²) in [7, 11) is 0. The second-order valence-electron chi connectivity index (χ2n) is 4.86. The second kappa shape index (κ2) is 4.65. The van der Waals surface area contributed by atoms with E-state index in [0.29, 0.717) is 12.0 Å². The lowest BCUT2D eigenvalue weighted by Crippen LogP contribution is -2.12. The van der Waals surface area contributed by atoms with Gasteiger partial charge in [-0.1, -0.05) is 19.1 Å². The number of anilines is 1. The average molecular weight is 234 g/mol. The van der Waals surface area contributed by atoms with Crippen molar-refractivity contribution >= 4 is 17.0 Å². The summed E-state index contributed by atoms with van der Waals surface area (Å²) in [4.78, 5) is 8.45. The van der Waals surface area contributed by atoms with Crippen LogP contribution in [0.25, 0.3) is 11.2 Å². The van der Waals surface area contributed by atoms with Gasteiger partial charge in [-0.2, -0.15) is 0 Å². The van der Waals surface area contributed by atoms with E-state index in [9.17, 15) is 0 Å². The molecule has 0 aliphatic rings. The third-order valence-electron chi connectivity index (χ3n) is 2.26. The number of aromatic nitrogens is 5. The molecule has 6 nitrogen and oxygen atoms in total. The molecule has 1 N–H and O–H groups in total. The van der Waals surface area contributed by atoms with Crippen molar-refractivity contribution < 1.29 is 0 Å². The molecule has 2 rings (SSSR count). The molecule has 0 aliphatic carbocycles. The Morgan fingerprint density at radius 3 is 2.65 bits per heavy atom. The molecule has 0 amide bonds. The van der Waals surface area contributed by atoms with Gasteiger partial charge in [-0.05, 0) is 19.8 Å². The van der Waals surface area contributed by atoms with Crippen LogP contribution >= 0.6 is 0 Å². The first-order valence-electron chi connectivity index (χ1n) is 5.88. The van der Waals surface area contributed by atoms with Crippen LogP contribution in [0.4, 0.5) is 5.82 Å². The van der Waals surface area contributed by atoms with Gasteiger partial charge in [0.25, 0.3) is 0 Å². The van der Waals surface area contributed by atoms with Gasteiger partial charge in [-0.25, -0.2) is 14.6 Å². The van der Waals surface area contributed by atoms with E-state index in [4.69, 9.17) is 0 Å². The van der Waals surface area contributed by atoms with E-state index < -0.39 is 0 Å². The van der Waals surface area contributed by atoms with Crippen LogP contribution in [0.3, 0.4) is 0 Å². The molecule has 2 aromatic heterocycles. The van der Waals surface area contributed by atoms with Crippen LogP contribution in [0.1, 0.15) is 27.7 Å². The number of nitrogens with zero attached hydrogens (tertiary/aromatic N) is 5. The van der Waals surface area contributed by atoms with Gasteiger partial charge >= 0.3 is 0 Å². The van der Waals surface area contributed by atoms with Crippen LogP contribution in [0, 0.1) is 5.92 Å². The molecule has 0 saturated carbocycles. The van der Waals surface area contributed by atoms with Gasteiger partial charge in [-0.3, -0.25) is 0 Å². The van der Waals surface area contributed by atoms with E-state index in [2.05, 4.69) is 53.3 Å². The molecule has 0 saturated heterocycles. The highest BCUT2D eigenvalue weighted by molar-refractivity contribution is 5.81.